The fourth-order valence-corrected chi connectivity index (χ4v) is 3.06. The van der Waals surface area contributed by atoms with Crippen LogP contribution in [-0.2, 0) is 13.0 Å². The second-order valence-electron chi connectivity index (χ2n) is 5.69. The first-order valence-electron chi connectivity index (χ1n) is 7.16. The molecule has 0 aliphatic carbocycles. The molecule has 1 fully saturated rings. The number of likely N-dealkylation sites (tertiary alicyclic amines) is 1. The number of hydrogen-bond donors (Lipinski definition) is 1. The summed E-state index contributed by atoms with van der Waals surface area (Å²) in [7, 11) is 0. The van der Waals surface area contributed by atoms with Crippen LogP contribution in [-0.4, -0.2) is 28.0 Å². The van der Waals surface area contributed by atoms with Crippen molar-refractivity contribution in [1.29, 1.82) is 0 Å². The first-order valence-corrected chi connectivity index (χ1v) is 7.54. The van der Waals surface area contributed by atoms with Gasteiger partial charge in [-0.2, -0.15) is 0 Å². The highest BCUT2D eigenvalue weighted by molar-refractivity contribution is 6.30. The van der Waals surface area contributed by atoms with Crippen LogP contribution in [0.3, 0.4) is 0 Å². The summed E-state index contributed by atoms with van der Waals surface area (Å²) in [6.45, 7) is 5.38. The zero-order valence-corrected chi connectivity index (χ0v) is 12.5. The molecule has 0 radical (unpaired) electrons. The fourth-order valence-electron chi connectivity index (χ4n) is 2.94. The summed E-state index contributed by atoms with van der Waals surface area (Å²) in [5, 5.41) is 0.816. The van der Waals surface area contributed by atoms with E-state index in [4.69, 9.17) is 11.6 Å². The van der Waals surface area contributed by atoms with Crippen LogP contribution < -0.4 is 0 Å². The number of aromatic nitrogens is 2. The number of nitrogens with zero attached hydrogens (tertiary/aromatic N) is 2. The summed E-state index contributed by atoms with van der Waals surface area (Å²) in [5.74, 6) is 0.746. The highest BCUT2D eigenvalue weighted by Crippen LogP contribution is 2.23. The number of halogens is 1. The molecule has 0 spiro atoms. The minimum Gasteiger partial charge on any atom is -0.348 e. The first kappa shape index (κ1) is 13.7. The van der Waals surface area contributed by atoms with E-state index in [0.29, 0.717) is 0 Å². The molecule has 1 aromatic carbocycles. The standard InChI is InChI=1S/C16H20ClN3/c1-12-16(19-11-18-12)10-20-7-6-14(9-20)8-13-2-4-15(17)5-3-13/h2-5,11,14H,6-10H2,1H3,(H,18,19). The minimum absolute atomic E-state index is 0.746. The van der Waals surface area contributed by atoms with Gasteiger partial charge in [-0.15, -0.1) is 0 Å². The summed E-state index contributed by atoms with van der Waals surface area (Å²) >= 11 is 5.93. The molecule has 1 aliphatic rings. The van der Waals surface area contributed by atoms with Gasteiger partial charge in [-0.3, -0.25) is 4.90 Å². The van der Waals surface area contributed by atoms with Crippen molar-refractivity contribution < 1.29 is 0 Å². The second kappa shape index (κ2) is 5.98. The van der Waals surface area contributed by atoms with Crippen LogP contribution in [0, 0.1) is 12.8 Å². The van der Waals surface area contributed by atoms with Crippen LogP contribution in [0.25, 0.3) is 0 Å². The molecule has 1 N–H and O–H groups in total. The van der Waals surface area contributed by atoms with Gasteiger partial charge in [0.25, 0.3) is 0 Å². The molecule has 2 aromatic rings. The van der Waals surface area contributed by atoms with Gasteiger partial charge in [-0.05, 0) is 49.9 Å². The van der Waals surface area contributed by atoms with Crippen LogP contribution in [0.15, 0.2) is 30.6 Å². The molecule has 1 atom stereocenters. The number of H-pyrrole nitrogens is 1. The van der Waals surface area contributed by atoms with E-state index in [2.05, 4.69) is 33.9 Å². The van der Waals surface area contributed by atoms with E-state index >= 15 is 0 Å². The molecule has 4 heteroatoms. The lowest BCUT2D eigenvalue weighted by atomic mass is 9.99. The van der Waals surface area contributed by atoms with Crippen molar-refractivity contribution in [2.45, 2.75) is 26.3 Å². The Morgan fingerprint density at radius 1 is 1.35 bits per heavy atom. The number of benzene rings is 1. The summed E-state index contributed by atoms with van der Waals surface area (Å²) in [6, 6.07) is 8.25. The zero-order valence-electron chi connectivity index (χ0n) is 11.8. The van der Waals surface area contributed by atoms with Gasteiger partial charge in [0, 0.05) is 23.8 Å². The molecule has 0 saturated carbocycles. The maximum atomic E-state index is 5.93. The number of aryl methyl sites for hydroxylation is 1. The normalized spacial score (nSPS) is 19.6. The van der Waals surface area contributed by atoms with Gasteiger partial charge >= 0.3 is 0 Å². The Kier molecular flexibility index (Phi) is 4.08. The van der Waals surface area contributed by atoms with Crippen molar-refractivity contribution in [1.82, 2.24) is 14.9 Å². The highest BCUT2D eigenvalue weighted by atomic mass is 35.5. The van der Waals surface area contributed by atoms with E-state index in [9.17, 15) is 0 Å². The SMILES string of the molecule is Cc1[nH]cnc1CN1CCC(Cc2ccc(Cl)cc2)C1. The molecule has 3 nitrogen and oxygen atoms in total. The van der Waals surface area contributed by atoms with E-state index < -0.39 is 0 Å². The van der Waals surface area contributed by atoms with Gasteiger partial charge in [-0.25, -0.2) is 4.98 Å². The van der Waals surface area contributed by atoms with Crippen LogP contribution in [0.2, 0.25) is 5.02 Å². The maximum absolute atomic E-state index is 5.93. The Balaban J connectivity index is 1.54. The Hall–Kier alpha value is -1.32. The maximum Gasteiger partial charge on any atom is 0.0925 e. The number of nitrogens with one attached hydrogen (secondary N) is 1. The van der Waals surface area contributed by atoms with Crippen LogP contribution in [0.4, 0.5) is 0 Å². The molecule has 3 rings (SSSR count). The molecule has 1 aromatic heterocycles. The van der Waals surface area contributed by atoms with Gasteiger partial charge in [0.05, 0.1) is 12.0 Å². The largest absolute Gasteiger partial charge is 0.348 e. The third-order valence-electron chi connectivity index (χ3n) is 4.12. The van der Waals surface area contributed by atoms with Crippen molar-refractivity contribution >= 4 is 11.6 Å². The minimum atomic E-state index is 0.746. The third-order valence-corrected chi connectivity index (χ3v) is 4.37. The van der Waals surface area contributed by atoms with Crippen molar-refractivity contribution in [2.24, 2.45) is 5.92 Å². The van der Waals surface area contributed by atoms with Crippen molar-refractivity contribution in [3.63, 3.8) is 0 Å². The van der Waals surface area contributed by atoms with E-state index in [-0.39, 0.29) is 0 Å². The van der Waals surface area contributed by atoms with E-state index in [1.165, 1.54) is 29.9 Å². The van der Waals surface area contributed by atoms with Crippen LogP contribution in [0.1, 0.15) is 23.4 Å². The fraction of sp³-hybridized carbons (Fsp3) is 0.438. The molecule has 2 heterocycles. The molecule has 1 saturated heterocycles. The summed E-state index contributed by atoms with van der Waals surface area (Å²) < 4.78 is 0. The Labute approximate surface area is 125 Å². The topological polar surface area (TPSA) is 31.9 Å². The predicted molar refractivity (Wildman–Crippen MR) is 81.9 cm³/mol. The number of aromatic amines is 1. The molecular formula is C16H20ClN3. The average molecular weight is 290 g/mol. The monoisotopic (exact) mass is 289 g/mol. The highest BCUT2D eigenvalue weighted by Gasteiger charge is 2.23. The Bertz CT molecular complexity index is 561. The zero-order chi connectivity index (χ0) is 13.9. The van der Waals surface area contributed by atoms with E-state index in [1.54, 1.807) is 6.33 Å². The Morgan fingerprint density at radius 3 is 2.85 bits per heavy atom. The lowest BCUT2D eigenvalue weighted by Crippen LogP contribution is -2.21. The lowest BCUT2D eigenvalue weighted by molar-refractivity contribution is 0.312. The smallest absolute Gasteiger partial charge is 0.0925 e. The molecule has 1 unspecified atom stereocenters. The number of hydrogen-bond acceptors (Lipinski definition) is 2. The summed E-state index contributed by atoms with van der Waals surface area (Å²) in [5.41, 5.74) is 3.75. The lowest BCUT2D eigenvalue weighted by Gasteiger charge is -2.15. The average Bonchev–Trinajstić information content (AvgIpc) is 3.03. The van der Waals surface area contributed by atoms with E-state index in [0.717, 1.165) is 30.5 Å². The van der Waals surface area contributed by atoms with Gasteiger partial charge in [0.2, 0.25) is 0 Å². The van der Waals surface area contributed by atoms with Gasteiger partial charge in [-0.1, -0.05) is 23.7 Å². The van der Waals surface area contributed by atoms with Crippen LogP contribution >= 0.6 is 11.6 Å². The van der Waals surface area contributed by atoms with Gasteiger partial charge in [0.1, 0.15) is 0 Å². The summed E-state index contributed by atoms with van der Waals surface area (Å²) in [4.78, 5) is 10.0. The molecule has 0 amide bonds. The molecular weight excluding hydrogens is 270 g/mol. The van der Waals surface area contributed by atoms with Gasteiger partial charge < -0.3 is 4.98 Å². The van der Waals surface area contributed by atoms with Crippen LogP contribution in [0.5, 0.6) is 0 Å². The number of rotatable bonds is 4. The van der Waals surface area contributed by atoms with Gasteiger partial charge in [0.15, 0.2) is 0 Å². The Morgan fingerprint density at radius 2 is 2.15 bits per heavy atom. The van der Waals surface area contributed by atoms with E-state index in [1.807, 2.05) is 12.1 Å². The molecule has 20 heavy (non-hydrogen) atoms. The number of imidazole rings is 1. The van der Waals surface area contributed by atoms with Crippen molar-refractivity contribution in [3.05, 3.63) is 52.6 Å². The first-order chi connectivity index (χ1) is 9.70. The predicted octanol–water partition coefficient (Wildman–Crippen LogP) is 3.44. The molecule has 106 valence electrons. The molecule has 0 bridgehead atoms. The molecule has 1 aliphatic heterocycles. The second-order valence-corrected chi connectivity index (χ2v) is 6.13. The van der Waals surface area contributed by atoms with Crippen molar-refractivity contribution in [3.8, 4) is 0 Å². The van der Waals surface area contributed by atoms with Crippen molar-refractivity contribution in [2.75, 3.05) is 13.1 Å². The summed E-state index contributed by atoms with van der Waals surface area (Å²) in [6.07, 6.45) is 4.20. The third kappa shape index (κ3) is 3.22. The quantitative estimate of drug-likeness (QED) is 0.935.